The number of carbonyl (C=O) groups excluding carboxylic acids is 1. The van der Waals surface area contributed by atoms with E-state index in [1.165, 1.54) is 0 Å². The van der Waals surface area contributed by atoms with Crippen LogP contribution < -0.4 is 10.1 Å². The van der Waals surface area contributed by atoms with Gasteiger partial charge in [-0.1, -0.05) is 83.3 Å². The maximum atomic E-state index is 13.0. The van der Waals surface area contributed by atoms with E-state index in [2.05, 4.69) is 31.5 Å². The second-order valence-corrected chi connectivity index (χ2v) is 17.9. The van der Waals surface area contributed by atoms with Crippen molar-refractivity contribution in [2.24, 2.45) is 5.92 Å². The van der Waals surface area contributed by atoms with E-state index < -0.39 is 41.4 Å². The Hall–Kier alpha value is -1.62. The number of methoxy groups -OCH3 is 1. The van der Waals surface area contributed by atoms with Crippen LogP contribution in [0.15, 0.2) is 67.3 Å². The van der Waals surface area contributed by atoms with Crippen LogP contribution in [-0.4, -0.2) is 55.8 Å². The molecule has 2 aromatic carbocycles. The lowest BCUT2D eigenvalue weighted by atomic mass is 9.69. The standard InChI is InChI=1S/C30H40Cl3NO6Si/c1-7-29(34-27(35)30(31,32)33)21-39-26(38-20-23-13-15-24(36-3)16-14-23)25(28(29,2)40-41(4,5)6)17-18-37-19-22-11-9-8-10-12-22/h7-16,25-26H,1,17-21H2,2-6H3,(H,34,35)/t25-,26+,28-,29-/m0/s1. The topological polar surface area (TPSA) is 75.3 Å². The molecule has 3 rings (SSSR count). The first-order valence-electron chi connectivity index (χ1n) is 13.4. The Balaban J connectivity index is 1.93. The largest absolute Gasteiger partial charge is 0.497 e. The molecule has 1 fully saturated rings. The normalized spacial score (nSPS) is 25.0. The summed E-state index contributed by atoms with van der Waals surface area (Å²) in [5.41, 5.74) is -0.259. The molecule has 0 saturated carbocycles. The fraction of sp³-hybridized carbons (Fsp3) is 0.500. The molecule has 1 N–H and O–H groups in total. The van der Waals surface area contributed by atoms with Gasteiger partial charge in [-0.05, 0) is 56.2 Å². The van der Waals surface area contributed by atoms with E-state index in [1.807, 2.05) is 61.5 Å². The third-order valence-corrected chi connectivity index (χ3v) is 8.67. The van der Waals surface area contributed by atoms with Crippen LogP contribution in [0.3, 0.4) is 0 Å². The predicted molar refractivity (Wildman–Crippen MR) is 166 cm³/mol. The number of nitrogens with one attached hydrogen (secondary N) is 1. The third kappa shape index (κ3) is 8.94. The van der Waals surface area contributed by atoms with Crippen LogP contribution in [0.25, 0.3) is 0 Å². The molecule has 1 aliphatic rings. The van der Waals surface area contributed by atoms with Crippen molar-refractivity contribution in [2.75, 3.05) is 20.3 Å². The van der Waals surface area contributed by atoms with Gasteiger partial charge in [0.1, 0.15) is 11.3 Å². The summed E-state index contributed by atoms with van der Waals surface area (Å²) in [5, 5.41) is 2.90. The van der Waals surface area contributed by atoms with Crippen molar-refractivity contribution in [3.8, 4) is 5.75 Å². The summed E-state index contributed by atoms with van der Waals surface area (Å²) in [6.07, 6.45) is 1.43. The van der Waals surface area contributed by atoms with Crippen LogP contribution in [-0.2, 0) is 36.6 Å². The minimum atomic E-state index is -2.25. The number of rotatable bonds is 13. The number of amides is 1. The molecule has 4 atom stereocenters. The summed E-state index contributed by atoms with van der Waals surface area (Å²) >= 11 is 17.9. The highest BCUT2D eigenvalue weighted by Crippen LogP contribution is 2.46. The molecule has 0 bridgehead atoms. The fourth-order valence-electron chi connectivity index (χ4n) is 5.06. The van der Waals surface area contributed by atoms with Crippen molar-refractivity contribution >= 4 is 49.0 Å². The molecule has 1 saturated heterocycles. The molecule has 0 unspecified atom stereocenters. The molecule has 0 aliphatic carbocycles. The van der Waals surface area contributed by atoms with E-state index in [9.17, 15) is 4.79 Å². The molecule has 11 heteroatoms. The van der Waals surface area contributed by atoms with Gasteiger partial charge in [-0.25, -0.2) is 0 Å². The number of benzene rings is 2. The van der Waals surface area contributed by atoms with Crippen LogP contribution in [0.1, 0.15) is 24.5 Å². The fourth-order valence-corrected chi connectivity index (χ4v) is 6.81. The van der Waals surface area contributed by atoms with Crippen molar-refractivity contribution in [1.82, 2.24) is 5.32 Å². The maximum absolute atomic E-state index is 13.0. The first-order chi connectivity index (χ1) is 19.2. The minimum absolute atomic E-state index is 0.00137. The van der Waals surface area contributed by atoms with Crippen molar-refractivity contribution in [1.29, 1.82) is 0 Å². The van der Waals surface area contributed by atoms with E-state index in [4.69, 9.17) is 58.2 Å². The second-order valence-electron chi connectivity index (χ2n) is 11.2. The average molecular weight is 645 g/mol. The van der Waals surface area contributed by atoms with Crippen LogP contribution in [0, 0.1) is 5.92 Å². The van der Waals surface area contributed by atoms with E-state index in [1.54, 1.807) is 13.2 Å². The zero-order valence-electron chi connectivity index (χ0n) is 24.3. The van der Waals surface area contributed by atoms with Crippen LogP contribution in [0.2, 0.25) is 19.6 Å². The minimum Gasteiger partial charge on any atom is -0.497 e. The third-order valence-electron chi connectivity index (χ3n) is 7.12. The van der Waals surface area contributed by atoms with Crippen molar-refractivity contribution < 1.29 is 28.2 Å². The number of hydrogen-bond donors (Lipinski definition) is 1. The molecule has 0 aromatic heterocycles. The van der Waals surface area contributed by atoms with Crippen LogP contribution in [0.4, 0.5) is 0 Å². The van der Waals surface area contributed by atoms with Crippen molar-refractivity contribution in [2.45, 2.75) is 67.4 Å². The number of hydrogen-bond acceptors (Lipinski definition) is 6. The molecule has 41 heavy (non-hydrogen) atoms. The molecule has 2 aromatic rings. The summed E-state index contributed by atoms with van der Waals surface area (Å²) in [6, 6.07) is 17.6. The number of halogens is 3. The van der Waals surface area contributed by atoms with Gasteiger partial charge in [0.05, 0.1) is 32.5 Å². The van der Waals surface area contributed by atoms with Gasteiger partial charge >= 0.3 is 0 Å². The van der Waals surface area contributed by atoms with Gasteiger partial charge in [-0.2, -0.15) is 0 Å². The zero-order chi connectivity index (χ0) is 30.3. The Morgan fingerprint density at radius 3 is 2.29 bits per heavy atom. The lowest BCUT2D eigenvalue weighted by molar-refractivity contribution is -0.272. The first-order valence-corrected chi connectivity index (χ1v) is 18.0. The average Bonchev–Trinajstić information content (AvgIpc) is 2.91. The summed E-state index contributed by atoms with van der Waals surface area (Å²) < 4.78 is 28.8. The Morgan fingerprint density at radius 1 is 1.10 bits per heavy atom. The molecule has 226 valence electrons. The van der Waals surface area contributed by atoms with Gasteiger partial charge < -0.3 is 28.7 Å². The molecular formula is C30H40Cl3NO6Si. The van der Waals surface area contributed by atoms with Gasteiger partial charge in [0.2, 0.25) is 0 Å². The molecule has 1 aliphatic heterocycles. The highest BCUT2D eigenvalue weighted by Gasteiger charge is 2.61. The van der Waals surface area contributed by atoms with Gasteiger partial charge in [0.15, 0.2) is 14.6 Å². The quantitative estimate of drug-likeness (QED) is 0.112. The number of carbonyl (C=O) groups is 1. The highest BCUT2D eigenvalue weighted by atomic mass is 35.6. The molecular weight excluding hydrogens is 605 g/mol. The molecule has 0 spiro atoms. The van der Waals surface area contributed by atoms with E-state index in [-0.39, 0.29) is 6.61 Å². The molecule has 1 amide bonds. The second kappa shape index (κ2) is 14.2. The Labute approximate surface area is 259 Å². The summed E-state index contributed by atoms with van der Waals surface area (Å²) in [7, 11) is -0.628. The van der Waals surface area contributed by atoms with E-state index in [0.29, 0.717) is 26.2 Å². The van der Waals surface area contributed by atoms with Gasteiger partial charge in [-0.15, -0.1) is 6.58 Å². The lowest BCUT2D eigenvalue weighted by Gasteiger charge is -2.58. The Morgan fingerprint density at radius 2 is 1.73 bits per heavy atom. The van der Waals surface area contributed by atoms with E-state index in [0.717, 1.165) is 16.9 Å². The number of ether oxygens (including phenoxy) is 4. The summed E-state index contributed by atoms with van der Waals surface area (Å²) in [6.45, 7) is 13.4. The molecule has 7 nitrogen and oxygen atoms in total. The Bertz CT molecular complexity index is 1140. The van der Waals surface area contributed by atoms with Crippen LogP contribution >= 0.6 is 34.8 Å². The number of alkyl halides is 3. The monoisotopic (exact) mass is 643 g/mol. The van der Waals surface area contributed by atoms with Gasteiger partial charge in [0.25, 0.3) is 9.70 Å². The predicted octanol–water partition coefficient (Wildman–Crippen LogP) is 6.81. The van der Waals surface area contributed by atoms with Crippen LogP contribution in [0.5, 0.6) is 5.75 Å². The molecule has 0 radical (unpaired) electrons. The zero-order valence-corrected chi connectivity index (χ0v) is 27.5. The molecule has 1 heterocycles. The maximum Gasteiger partial charge on any atom is 0.273 e. The Kier molecular flexibility index (Phi) is 11.8. The summed E-state index contributed by atoms with van der Waals surface area (Å²) in [5.74, 6) is -0.438. The van der Waals surface area contributed by atoms with Gasteiger partial charge in [-0.3, -0.25) is 4.79 Å². The SMILES string of the molecule is C=C[C@]1(NC(=O)C(Cl)(Cl)Cl)CO[C@@H](OCc2ccc(OC)cc2)[C@H](CCOCc2ccccc2)[C@]1(C)O[Si](C)(C)C. The first kappa shape index (κ1) is 33.9. The van der Waals surface area contributed by atoms with Crippen molar-refractivity contribution in [3.05, 3.63) is 78.4 Å². The highest BCUT2D eigenvalue weighted by molar-refractivity contribution is 6.76. The smallest absolute Gasteiger partial charge is 0.273 e. The summed E-state index contributed by atoms with van der Waals surface area (Å²) in [4.78, 5) is 13.0. The van der Waals surface area contributed by atoms with Crippen molar-refractivity contribution in [3.63, 3.8) is 0 Å². The lowest BCUT2D eigenvalue weighted by Crippen LogP contribution is -2.75. The van der Waals surface area contributed by atoms with E-state index >= 15 is 0 Å². The van der Waals surface area contributed by atoms with Gasteiger partial charge in [0, 0.05) is 12.5 Å².